The van der Waals surface area contributed by atoms with E-state index in [1.807, 2.05) is 6.07 Å². The van der Waals surface area contributed by atoms with E-state index in [4.69, 9.17) is 15.2 Å². The van der Waals surface area contributed by atoms with Gasteiger partial charge in [-0.25, -0.2) is 13.2 Å². The van der Waals surface area contributed by atoms with Gasteiger partial charge in [-0.2, -0.15) is 5.26 Å². The second-order valence-electron chi connectivity index (χ2n) is 5.87. The third kappa shape index (κ3) is 3.81. The zero-order valence-electron chi connectivity index (χ0n) is 15.3. The van der Waals surface area contributed by atoms with Gasteiger partial charge in [0.15, 0.2) is 9.84 Å². The number of nitriles is 1. The molecular weight excluding hydrogens is 390 g/mol. The van der Waals surface area contributed by atoms with Crippen LogP contribution in [0.4, 0.5) is 5.69 Å². The van der Waals surface area contributed by atoms with Gasteiger partial charge in [0.25, 0.3) is 5.69 Å². The fraction of sp³-hybridized carbons (Fsp3) is 0.294. The van der Waals surface area contributed by atoms with Gasteiger partial charge in [0.2, 0.25) is 5.88 Å². The minimum absolute atomic E-state index is 0.0263. The molecule has 0 aliphatic carbocycles. The molecule has 1 heterocycles. The lowest BCUT2D eigenvalue weighted by Gasteiger charge is -2.26. The van der Waals surface area contributed by atoms with E-state index < -0.39 is 32.3 Å². The third-order valence-corrected chi connectivity index (χ3v) is 5.15. The number of ether oxygens (including phenoxy) is 2. The van der Waals surface area contributed by atoms with E-state index in [2.05, 4.69) is 0 Å². The average molecular weight is 407 g/mol. The maximum atomic E-state index is 12.5. The van der Waals surface area contributed by atoms with Crippen molar-refractivity contribution in [3.63, 3.8) is 0 Å². The molecule has 0 amide bonds. The SMILES string of the molecule is CCOC(=O)C1=C(C)OC(N)=C(C#N)C1c1ccc(S(C)(=O)=O)cc1[N+](=O)[O-]. The van der Waals surface area contributed by atoms with Crippen molar-refractivity contribution in [1.82, 2.24) is 0 Å². The van der Waals surface area contributed by atoms with Crippen LogP contribution in [0.25, 0.3) is 0 Å². The van der Waals surface area contributed by atoms with E-state index in [0.29, 0.717) is 0 Å². The Hall–Kier alpha value is -3.39. The summed E-state index contributed by atoms with van der Waals surface area (Å²) < 4.78 is 33.8. The Bertz CT molecular complexity index is 1060. The Kier molecular flexibility index (Phi) is 5.75. The van der Waals surface area contributed by atoms with Crippen molar-refractivity contribution >= 4 is 21.5 Å². The molecule has 28 heavy (non-hydrogen) atoms. The predicted octanol–water partition coefficient (Wildman–Crippen LogP) is 1.64. The van der Waals surface area contributed by atoms with Gasteiger partial charge in [-0.3, -0.25) is 10.1 Å². The third-order valence-electron chi connectivity index (χ3n) is 4.04. The first-order valence-electron chi connectivity index (χ1n) is 7.96. The molecule has 1 aromatic rings. The minimum atomic E-state index is -3.72. The monoisotopic (exact) mass is 407 g/mol. The number of rotatable bonds is 5. The summed E-state index contributed by atoms with van der Waals surface area (Å²) in [5, 5.41) is 21.1. The molecule has 1 aliphatic heterocycles. The summed E-state index contributed by atoms with van der Waals surface area (Å²) >= 11 is 0. The number of esters is 1. The zero-order valence-corrected chi connectivity index (χ0v) is 16.1. The molecule has 0 saturated carbocycles. The maximum absolute atomic E-state index is 12.5. The number of sulfone groups is 1. The maximum Gasteiger partial charge on any atom is 0.338 e. The topological polar surface area (TPSA) is 163 Å². The molecule has 2 rings (SSSR count). The Morgan fingerprint density at radius 1 is 1.46 bits per heavy atom. The normalized spacial score (nSPS) is 17.0. The van der Waals surface area contributed by atoms with E-state index in [0.717, 1.165) is 18.4 Å². The van der Waals surface area contributed by atoms with Crippen molar-refractivity contribution in [3.05, 3.63) is 56.7 Å². The van der Waals surface area contributed by atoms with E-state index in [1.165, 1.54) is 13.0 Å². The summed E-state index contributed by atoms with van der Waals surface area (Å²) in [6.07, 6.45) is 0.910. The van der Waals surface area contributed by atoms with Gasteiger partial charge in [0, 0.05) is 17.9 Å². The average Bonchev–Trinajstić information content (AvgIpc) is 2.59. The van der Waals surface area contributed by atoms with Gasteiger partial charge in [0.05, 0.1) is 27.9 Å². The molecule has 1 aliphatic rings. The first kappa shape index (κ1) is 20.9. The van der Waals surface area contributed by atoms with Crippen molar-refractivity contribution in [2.45, 2.75) is 24.7 Å². The molecule has 1 aromatic carbocycles. The van der Waals surface area contributed by atoms with Crippen molar-refractivity contribution < 1.29 is 27.6 Å². The molecule has 0 spiro atoms. The summed E-state index contributed by atoms with van der Waals surface area (Å²) in [6, 6.07) is 5.03. The Balaban J connectivity index is 2.83. The molecular formula is C17H17N3O7S. The van der Waals surface area contributed by atoms with Crippen LogP contribution in [-0.4, -0.2) is 32.2 Å². The summed E-state index contributed by atoms with van der Waals surface area (Å²) in [6.45, 7) is 3.01. The van der Waals surface area contributed by atoms with Crippen molar-refractivity contribution in [2.75, 3.05) is 12.9 Å². The number of allylic oxidation sites excluding steroid dienone is 2. The first-order valence-corrected chi connectivity index (χ1v) is 9.85. The van der Waals surface area contributed by atoms with Crippen LogP contribution < -0.4 is 5.73 Å². The standard InChI is InChI=1S/C17H17N3O7S/c1-4-26-17(21)14-9(2)27-16(19)12(8-18)15(14)11-6-5-10(28(3,24)25)7-13(11)20(22)23/h5-7,15H,4,19H2,1-3H3. The van der Waals surface area contributed by atoms with E-state index in [9.17, 15) is 28.6 Å². The fourth-order valence-electron chi connectivity index (χ4n) is 2.82. The lowest BCUT2D eigenvalue weighted by atomic mass is 9.82. The smallest absolute Gasteiger partial charge is 0.338 e. The number of hydrogen-bond acceptors (Lipinski definition) is 9. The molecule has 0 bridgehead atoms. The number of carbonyl (C=O) groups excluding carboxylic acids is 1. The molecule has 1 unspecified atom stereocenters. The molecule has 0 saturated heterocycles. The van der Waals surface area contributed by atoms with Crippen LogP contribution in [0.3, 0.4) is 0 Å². The van der Waals surface area contributed by atoms with Gasteiger partial charge < -0.3 is 15.2 Å². The molecule has 148 valence electrons. The fourth-order valence-corrected chi connectivity index (χ4v) is 3.46. The van der Waals surface area contributed by atoms with Gasteiger partial charge in [0.1, 0.15) is 17.4 Å². The molecule has 2 N–H and O–H groups in total. The van der Waals surface area contributed by atoms with Crippen LogP contribution in [-0.2, 0) is 24.1 Å². The molecule has 1 atom stereocenters. The Morgan fingerprint density at radius 3 is 2.61 bits per heavy atom. The first-order chi connectivity index (χ1) is 13.0. The van der Waals surface area contributed by atoms with Crippen LogP contribution in [0.5, 0.6) is 0 Å². The van der Waals surface area contributed by atoms with E-state index >= 15 is 0 Å². The lowest BCUT2D eigenvalue weighted by molar-refractivity contribution is -0.385. The van der Waals surface area contributed by atoms with Crippen LogP contribution in [0.1, 0.15) is 25.3 Å². The van der Waals surface area contributed by atoms with Crippen LogP contribution >= 0.6 is 0 Å². The molecule has 10 nitrogen and oxygen atoms in total. The highest BCUT2D eigenvalue weighted by Crippen LogP contribution is 2.43. The number of nitrogens with two attached hydrogens (primary N) is 1. The van der Waals surface area contributed by atoms with Crippen LogP contribution in [0.2, 0.25) is 0 Å². The molecule has 0 fully saturated rings. The van der Waals surface area contributed by atoms with Crippen LogP contribution in [0.15, 0.2) is 45.9 Å². The van der Waals surface area contributed by atoms with Crippen LogP contribution in [0, 0.1) is 21.4 Å². The van der Waals surface area contributed by atoms with Gasteiger partial charge in [-0.1, -0.05) is 0 Å². The molecule has 0 aromatic heterocycles. The zero-order chi connectivity index (χ0) is 21.2. The highest BCUT2D eigenvalue weighted by molar-refractivity contribution is 7.90. The van der Waals surface area contributed by atoms with Crippen molar-refractivity contribution in [1.29, 1.82) is 5.26 Å². The van der Waals surface area contributed by atoms with Gasteiger partial charge in [-0.05, 0) is 26.0 Å². The lowest BCUT2D eigenvalue weighted by Crippen LogP contribution is -2.26. The second kappa shape index (κ2) is 7.69. The number of nitrogens with zero attached hydrogens (tertiary/aromatic N) is 2. The van der Waals surface area contributed by atoms with E-state index in [1.54, 1.807) is 6.92 Å². The number of hydrogen-bond donors (Lipinski definition) is 1. The summed E-state index contributed by atoms with van der Waals surface area (Å²) in [7, 11) is -3.72. The number of nitro benzene ring substituents is 1. The van der Waals surface area contributed by atoms with Gasteiger partial charge >= 0.3 is 5.97 Å². The van der Waals surface area contributed by atoms with Gasteiger partial charge in [-0.15, -0.1) is 0 Å². The highest BCUT2D eigenvalue weighted by atomic mass is 32.2. The summed E-state index contributed by atoms with van der Waals surface area (Å²) in [5.74, 6) is -2.35. The predicted molar refractivity (Wildman–Crippen MR) is 96.2 cm³/mol. The second-order valence-corrected chi connectivity index (χ2v) is 7.88. The Labute approximate surface area is 160 Å². The summed E-state index contributed by atoms with van der Waals surface area (Å²) in [5.41, 5.74) is 4.75. The number of benzene rings is 1. The molecule has 11 heteroatoms. The number of nitro groups is 1. The van der Waals surface area contributed by atoms with E-state index in [-0.39, 0.29) is 39.9 Å². The van der Waals surface area contributed by atoms with Crippen molar-refractivity contribution in [3.8, 4) is 6.07 Å². The largest absolute Gasteiger partial charge is 0.463 e. The van der Waals surface area contributed by atoms with Crippen molar-refractivity contribution in [2.24, 2.45) is 5.73 Å². The Morgan fingerprint density at radius 2 is 2.11 bits per heavy atom. The quantitative estimate of drug-likeness (QED) is 0.434. The highest BCUT2D eigenvalue weighted by Gasteiger charge is 2.39. The minimum Gasteiger partial charge on any atom is -0.463 e. The number of carbonyl (C=O) groups is 1. The molecule has 0 radical (unpaired) electrons. The summed E-state index contributed by atoms with van der Waals surface area (Å²) in [4.78, 5) is 23.0.